The Bertz CT molecular complexity index is 1440. The van der Waals surface area contributed by atoms with Gasteiger partial charge in [-0.05, 0) is 27.2 Å². The van der Waals surface area contributed by atoms with Gasteiger partial charge in [-0.2, -0.15) is 0 Å². The first-order valence-corrected chi connectivity index (χ1v) is 17.1. The molecule has 0 aliphatic heterocycles. The molecular formula is C36H44BF9NO3+. The van der Waals surface area contributed by atoms with Crippen molar-refractivity contribution in [3.8, 4) is 17.2 Å². The quantitative estimate of drug-likeness (QED) is 0.0361. The van der Waals surface area contributed by atoms with Gasteiger partial charge in [0.25, 0.3) is 0 Å². The third kappa shape index (κ3) is 10.3. The Balaban J connectivity index is 2.06. The summed E-state index contributed by atoms with van der Waals surface area (Å²) >= 11 is 0. The lowest BCUT2D eigenvalue weighted by Crippen LogP contribution is -2.51. The van der Waals surface area contributed by atoms with Gasteiger partial charge in [0.1, 0.15) is 23.3 Å². The third-order valence-electron chi connectivity index (χ3n) is 9.23. The molecule has 0 bridgehead atoms. The van der Waals surface area contributed by atoms with Crippen LogP contribution in [0.2, 0.25) is 0 Å². The molecule has 3 aromatic rings. The van der Waals surface area contributed by atoms with Crippen LogP contribution >= 0.6 is 0 Å². The van der Waals surface area contributed by atoms with Gasteiger partial charge in [-0.25, -0.2) is 39.5 Å². The molecule has 0 aromatic heterocycles. The molecule has 0 N–H and O–H groups in total. The van der Waals surface area contributed by atoms with E-state index in [-0.39, 0.29) is 10.0 Å². The van der Waals surface area contributed by atoms with Crippen LogP contribution in [0.1, 0.15) is 104 Å². The molecule has 0 amide bonds. The van der Waals surface area contributed by atoms with Crippen LogP contribution in [0.25, 0.3) is 0 Å². The van der Waals surface area contributed by atoms with Crippen LogP contribution in [-0.4, -0.2) is 31.4 Å². The lowest BCUT2D eigenvalue weighted by atomic mass is 9.93. The van der Waals surface area contributed by atoms with Crippen molar-refractivity contribution >= 4 is 7.32 Å². The van der Waals surface area contributed by atoms with E-state index in [1.54, 1.807) is 0 Å². The van der Waals surface area contributed by atoms with Gasteiger partial charge in [-0.15, -0.1) is 0 Å². The van der Waals surface area contributed by atoms with Gasteiger partial charge in [0.05, 0.1) is 25.2 Å². The summed E-state index contributed by atoms with van der Waals surface area (Å²) in [5, 5.41) is 0. The van der Waals surface area contributed by atoms with Gasteiger partial charge in [0.2, 0.25) is 0 Å². The van der Waals surface area contributed by atoms with E-state index in [0.29, 0.717) is 62.8 Å². The van der Waals surface area contributed by atoms with Gasteiger partial charge < -0.3 is 18.4 Å². The van der Waals surface area contributed by atoms with E-state index in [4.69, 9.17) is 14.0 Å². The Kier molecular flexibility index (Phi) is 15.7. The van der Waals surface area contributed by atoms with Crippen LogP contribution in [0.4, 0.5) is 39.5 Å². The fourth-order valence-electron chi connectivity index (χ4n) is 6.27. The van der Waals surface area contributed by atoms with Gasteiger partial charge in [-0.3, -0.25) is 0 Å². The third-order valence-corrected chi connectivity index (χ3v) is 9.23. The lowest BCUT2D eigenvalue weighted by Gasteiger charge is -2.44. The smallest absolute Gasteiger partial charge is 0.489 e. The summed E-state index contributed by atoms with van der Waals surface area (Å²) < 4.78 is 146. The molecule has 3 aromatic carbocycles. The number of hydrogen-bond donors (Lipinski definition) is 0. The van der Waals surface area contributed by atoms with Crippen LogP contribution < -0.4 is 14.0 Å². The van der Waals surface area contributed by atoms with Crippen molar-refractivity contribution in [2.75, 3.05) is 19.6 Å². The molecule has 1 unspecified atom stereocenters. The number of hydrogen-bond acceptors (Lipinski definition) is 3. The van der Waals surface area contributed by atoms with E-state index in [1.165, 1.54) is 12.8 Å². The van der Waals surface area contributed by atoms with E-state index in [2.05, 4.69) is 6.92 Å². The van der Waals surface area contributed by atoms with Gasteiger partial charge in [0, 0.05) is 36.8 Å². The Morgan fingerprint density at radius 2 is 0.900 bits per heavy atom. The molecular weight excluding hydrogens is 676 g/mol. The zero-order chi connectivity index (χ0) is 37.0. The van der Waals surface area contributed by atoms with Crippen LogP contribution in [0.15, 0.2) is 30.3 Å². The summed E-state index contributed by atoms with van der Waals surface area (Å²) in [5.41, 5.74) is -0.376. The van der Waals surface area contributed by atoms with Gasteiger partial charge in [-0.1, -0.05) is 58.3 Å². The topological polar surface area (TPSA) is 27.7 Å². The monoisotopic (exact) mass is 720 g/mol. The average Bonchev–Trinajstić information content (AvgIpc) is 3.08. The molecule has 0 saturated heterocycles. The van der Waals surface area contributed by atoms with E-state index in [1.807, 2.05) is 20.8 Å². The van der Waals surface area contributed by atoms with Gasteiger partial charge in [0.15, 0.2) is 52.4 Å². The maximum Gasteiger partial charge on any atom is 0.864 e. The summed E-state index contributed by atoms with van der Waals surface area (Å²) in [6, 6.07) is 1.34. The van der Waals surface area contributed by atoms with Crippen molar-refractivity contribution in [2.45, 2.75) is 97.9 Å². The van der Waals surface area contributed by atoms with Crippen molar-refractivity contribution < 1.29 is 58.0 Å². The molecule has 0 heterocycles. The van der Waals surface area contributed by atoms with Crippen molar-refractivity contribution in [3.63, 3.8) is 0 Å². The molecule has 1 atom stereocenters. The molecule has 14 heteroatoms. The van der Waals surface area contributed by atoms with E-state index >= 15 is 8.78 Å². The summed E-state index contributed by atoms with van der Waals surface area (Å²) in [6.45, 7) is 9.16. The van der Waals surface area contributed by atoms with Crippen molar-refractivity contribution in [1.29, 1.82) is 0 Å². The minimum Gasteiger partial charge on any atom is -0.489 e. The number of halogens is 9. The first-order valence-electron chi connectivity index (χ1n) is 17.1. The zero-order valence-corrected chi connectivity index (χ0v) is 28.8. The van der Waals surface area contributed by atoms with Gasteiger partial charge >= 0.3 is 7.32 Å². The molecule has 3 rings (SSSR count). The second kappa shape index (κ2) is 19.2. The second-order valence-corrected chi connectivity index (χ2v) is 12.2. The highest BCUT2D eigenvalue weighted by Crippen LogP contribution is 2.42. The molecule has 0 fully saturated rings. The molecule has 0 spiro atoms. The maximum atomic E-state index is 16.0. The van der Waals surface area contributed by atoms with Crippen LogP contribution in [-0.2, 0) is 0 Å². The fourth-order valence-corrected chi connectivity index (χ4v) is 6.27. The molecule has 0 radical (unpaired) electrons. The minimum atomic E-state index is -2.33. The molecule has 0 aliphatic rings. The van der Waals surface area contributed by atoms with Crippen molar-refractivity contribution in [2.24, 2.45) is 0 Å². The highest BCUT2D eigenvalue weighted by molar-refractivity contribution is 6.39. The summed E-state index contributed by atoms with van der Waals surface area (Å²) in [5.74, 6) is -17.5. The zero-order valence-electron chi connectivity index (χ0n) is 28.8. The SMILES string of the molecule is CCCCCCCCCCCC(c1c(OB(Oc2cc(F)c(F)c(F)c2)Oc2cc(F)c(F)c(F)c2)cc(F)c(F)c1F)[N+](CC)(CC)CC. The molecule has 0 aliphatic carbocycles. The average molecular weight is 721 g/mol. The summed E-state index contributed by atoms with van der Waals surface area (Å²) in [7, 11) is -2.33. The Labute approximate surface area is 288 Å². The number of rotatable bonds is 21. The predicted molar refractivity (Wildman–Crippen MR) is 173 cm³/mol. The lowest BCUT2D eigenvalue weighted by molar-refractivity contribution is -0.953. The van der Waals surface area contributed by atoms with Crippen molar-refractivity contribution in [1.82, 2.24) is 0 Å². The van der Waals surface area contributed by atoms with Crippen LogP contribution in [0.5, 0.6) is 17.2 Å². The second-order valence-electron chi connectivity index (χ2n) is 12.2. The minimum absolute atomic E-state index is 0.227. The Morgan fingerprint density at radius 1 is 0.500 bits per heavy atom. The molecule has 276 valence electrons. The normalized spacial score (nSPS) is 12.3. The first kappa shape index (κ1) is 40.9. The summed E-state index contributed by atoms with van der Waals surface area (Å²) in [6.07, 6.45) is 9.40. The summed E-state index contributed by atoms with van der Waals surface area (Å²) in [4.78, 5) is 0. The molecule has 50 heavy (non-hydrogen) atoms. The Hall–Kier alpha value is -3.55. The number of nitrogens with zero attached hydrogens (tertiary/aromatic N) is 1. The maximum absolute atomic E-state index is 16.0. The fraction of sp³-hybridized carbons (Fsp3) is 0.500. The highest BCUT2D eigenvalue weighted by atomic mass is 19.2. The van der Waals surface area contributed by atoms with Crippen LogP contribution in [0, 0.1) is 52.4 Å². The molecule has 4 nitrogen and oxygen atoms in total. The number of quaternary nitrogens is 1. The van der Waals surface area contributed by atoms with E-state index in [0.717, 1.165) is 38.5 Å². The number of unbranched alkanes of at least 4 members (excludes halogenated alkanes) is 8. The largest absolute Gasteiger partial charge is 0.864 e. The van der Waals surface area contributed by atoms with Crippen LogP contribution in [0.3, 0.4) is 0 Å². The highest BCUT2D eigenvalue weighted by Gasteiger charge is 2.42. The van der Waals surface area contributed by atoms with E-state index < -0.39 is 83.0 Å². The molecule has 0 saturated carbocycles. The standard InChI is InChI=1S/C36H44BF9NO3/c1-5-9-10-11-12-13-14-15-16-17-30(47(6-2,7-3)8-4)32-31(22-29(42)35(45)36(32)46)50-37(48-23-18-25(38)33(43)26(39)19-23)49-24-20-27(40)34(44)28(41)21-24/h18-22,30H,5-17H2,1-4H3/q+1. The first-order chi connectivity index (χ1) is 23.8. The predicted octanol–water partition coefficient (Wildman–Crippen LogP) is 11.3. The number of benzene rings is 3. The van der Waals surface area contributed by atoms with E-state index in [9.17, 15) is 30.7 Å². The van der Waals surface area contributed by atoms with Crippen molar-refractivity contribution in [3.05, 3.63) is 88.3 Å². The Morgan fingerprint density at radius 3 is 1.32 bits per heavy atom.